The second-order valence-electron chi connectivity index (χ2n) is 16.9. The molecular formula is C45H76Cl2N8O6S. The van der Waals surface area contributed by atoms with Gasteiger partial charge >= 0.3 is 11.9 Å². The molecule has 0 amide bonds. The molecule has 0 fully saturated rings. The number of nitrogens with one attached hydrogen (secondary N) is 2. The summed E-state index contributed by atoms with van der Waals surface area (Å²) in [7, 11) is -3.10. The monoisotopic (exact) mass is 926 g/mol. The van der Waals surface area contributed by atoms with E-state index in [0.29, 0.717) is 58.7 Å². The Bertz CT molecular complexity index is 1980. The second kappa shape index (κ2) is 29.3. The SMILES string of the molecule is CCCCCCC(CCCCCC)OC(=O)CCc1nc2c(Cl)c(C)[nH]n2n1.CCCCCCCCCCCCS(=O)(=O)CCCOC(=O)CC(C)c1nc2c(Cl)c(C)[nH]n2n1. The van der Waals surface area contributed by atoms with Crippen LogP contribution >= 0.6 is 23.2 Å². The summed E-state index contributed by atoms with van der Waals surface area (Å²) in [5, 5.41) is 15.8. The normalized spacial score (nSPS) is 12.3. The summed E-state index contributed by atoms with van der Waals surface area (Å²) >= 11 is 12.4. The molecule has 17 heteroatoms. The van der Waals surface area contributed by atoms with Crippen molar-refractivity contribution >= 4 is 56.3 Å². The number of esters is 2. The molecule has 4 aromatic heterocycles. The molecule has 0 aliphatic rings. The van der Waals surface area contributed by atoms with E-state index in [1.165, 1.54) is 88.1 Å². The van der Waals surface area contributed by atoms with Gasteiger partial charge in [0.25, 0.3) is 0 Å². The molecule has 1 atom stereocenters. The van der Waals surface area contributed by atoms with Crippen molar-refractivity contribution < 1.29 is 27.5 Å². The first kappa shape index (κ1) is 53.2. The zero-order valence-corrected chi connectivity index (χ0v) is 40.9. The minimum Gasteiger partial charge on any atom is -0.466 e. The van der Waals surface area contributed by atoms with Crippen molar-refractivity contribution in [3.8, 4) is 0 Å². The van der Waals surface area contributed by atoms with Crippen LogP contribution < -0.4 is 0 Å². The zero-order chi connectivity index (χ0) is 45.3. The number of H-pyrrole nitrogens is 2. The van der Waals surface area contributed by atoms with Crippen LogP contribution in [0.15, 0.2) is 0 Å². The zero-order valence-electron chi connectivity index (χ0n) is 38.5. The third-order valence-corrected chi connectivity index (χ3v) is 13.8. The third kappa shape index (κ3) is 19.7. The number of ether oxygens (including phenoxy) is 2. The molecule has 62 heavy (non-hydrogen) atoms. The maximum Gasteiger partial charge on any atom is 0.306 e. The summed E-state index contributed by atoms with van der Waals surface area (Å²) in [5.41, 5.74) is 2.74. The van der Waals surface area contributed by atoms with Gasteiger partial charge in [-0.3, -0.25) is 19.8 Å². The average Bonchev–Trinajstić information content (AvgIpc) is 3.98. The highest BCUT2D eigenvalue weighted by atomic mass is 35.5. The van der Waals surface area contributed by atoms with E-state index in [4.69, 9.17) is 32.7 Å². The number of carbonyl (C=O) groups is 2. The smallest absolute Gasteiger partial charge is 0.306 e. The molecular weight excluding hydrogens is 852 g/mol. The molecule has 0 aliphatic heterocycles. The average molecular weight is 928 g/mol. The summed E-state index contributed by atoms with van der Waals surface area (Å²) in [5.74, 6) is 0.597. The first-order chi connectivity index (χ1) is 29.8. The van der Waals surface area contributed by atoms with Crippen LogP contribution in [0.2, 0.25) is 10.0 Å². The summed E-state index contributed by atoms with van der Waals surface area (Å²) < 4.78 is 38.5. The number of aromatic nitrogens is 8. The highest BCUT2D eigenvalue weighted by molar-refractivity contribution is 7.91. The Morgan fingerprint density at radius 2 is 1.15 bits per heavy atom. The molecule has 4 rings (SSSR count). The minimum absolute atomic E-state index is 0.0443. The van der Waals surface area contributed by atoms with Gasteiger partial charge in [0.2, 0.25) is 0 Å². The van der Waals surface area contributed by atoms with E-state index in [1.54, 1.807) is 4.63 Å². The fraction of sp³-hybridized carbons (Fsp3) is 0.778. The second-order valence-corrected chi connectivity index (χ2v) is 20.0. The molecule has 0 saturated heterocycles. The third-order valence-electron chi connectivity index (χ3n) is 11.1. The highest BCUT2D eigenvalue weighted by Gasteiger charge is 2.21. The van der Waals surface area contributed by atoms with Crippen LogP contribution in [0.4, 0.5) is 0 Å². The largest absolute Gasteiger partial charge is 0.466 e. The lowest BCUT2D eigenvalue weighted by Gasteiger charge is -2.18. The first-order valence-corrected chi connectivity index (χ1v) is 26.1. The Hall–Kier alpha value is -3.17. The number of hydrogen-bond acceptors (Lipinski definition) is 10. The summed E-state index contributed by atoms with van der Waals surface area (Å²) in [6.45, 7) is 12.3. The van der Waals surface area contributed by atoms with Gasteiger partial charge in [-0.2, -0.15) is 9.26 Å². The molecule has 352 valence electrons. The summed E-state index contributed by atoms with van der Waals surface area (Å²) in [6.07, 6.45) is 24.6. The van der Waals surface area contributed by atoms with Crippen LogP contribution in [0.3, 0.4) is 0 Å². The number of sulfone groups is 1. The van der Waals surface area contributed by atoms with E-state index in [2.05, 4.69) is 51.1 Å². The Morgan fingerprint density at radius 3 is 1.68 bits per heavy atom. The van der Waals surface area contributed by atoms with Crippen molar-refractivity contribution in [2.45, 2.75) is 208 Å². The van der Waals surface area contributed by atoms with Gasteiger partial charge in [-0.15, -0.1) is 10.2 Å². The molecule has 4 aromatic rings. The Balaban J connectivity index is 0.000000336. The maximum absolute atomic E-state index is 12.4. The van der Waals surface area contributed by atoms with Crippen LogP contribution in [0.1, 0.15) is 204 Å². The highest BCUT2D eigenvalue weighted by Crippen LogP contribution is 2.24. The number of rotatable bonds is 32. The molecule has 4 heterocycles. The number of hydrogen-bond donors (Lipinski definition) is 2. The predicted molar refractivity (Wildman–Crippen MR) is 249 cm³/mol. The molecule has 0 aromatic carbocycles. The maximum atomic E-state index is 12.4. The van der Waals surface area contributed by atoms with Crippen LogP contribution in [-0.4, -0.2) is 84.2 Å². The number of fused-ring (bicyclic) bond motifs is 2. The van der Waals surface area contributed by atoms with E-state index in [0.717, 1.165) is 49.9 Å². The van der Waals surface area contributed by atoms with Crippen LogP contribution in [-0.2, 0) is 35.3 Å². The molecule has 0 spiro atoms. The number of carbonyl (C=O) groups excluding carboxylic acids is 2. The molecule has 0 bridgehead atoms. The molecule has 1 unspecified atom stereocenters. The number of aryl methyl sites for hydroxylation is 3. The molecule has 2 N–H and O–H groups in total. The van der Waals surface area contributed by atoms with Gasteiger partial charge in [-0.25, -0.2) is 18.4 Å². The molecule has 0 aliphatic carbocycles. The molecule has 0 radical (unpaired) electrons. The van der Waals surface area contributed by atoms with Crippen molar-refractivity contribution in [1.29, 1.82) is 0 Å². The topological polar surface area (TPSA) is 179 Å². The van der Waals surface area contributed by atoms with Gasteiger partial charge in [0.15, 0.2) is 22.9 Å². The van der Waals surface area contributed by atoms with E-state index in [9.17, 15) is 18.0 Å². The quantitative estimate of drug-likeness (QED) is 0.0354. The Morgan fingerprint density at radius 1 is 0.661 bits per heavy atom. The lowest BCUT2D eigenvalue weighted by molar-refractivity contribution is -0.150. The predicted octanol–water partition coefficient (Wildman–Crippen LogP) is 11.6. The van der Waals surface area contributed by atoms with Crippen molar-refractivity contribution in [2.24, 2.45) is 0 Å². The fourth-order valence-electron chi connectivity index (χ4n) is 7.28. The van der Waals surface area contributed by atoms with E-state index < -0.39 is 9.84 Å². The van der Waals surface area contributed by atoms with Crippen LogP contribution in [0.5, 0.6) is 0 Å². The standard InChI is InChI=1S/C24H41ClN4O4S.C21H35ClN4O2/c1-4-5-6-7-8-9-10-11-12-13-16-34(31,32)17-14-15-33-21(30)18-19(2)23-26-24-22(25)20(3)27-29(24)28-23;1-4-6-8-10-12-17(13-11-9-7-5-2)28-19(27)15-14-18-23-21-20(22)16(3)24-26(21)25-18/h19,27H,4-18H2,1-3H3;17,24H,4-15H2,1-3H3. The Kier molecular flexibility index (Phi) is 25.1. The van der Waals surface area contributed by atoms with E-state index >= 15 is 0 Å². The van der Waals surface area contributed by atoms with Gasteiger partial charge in [0.05, 0.1) is 42.3 Å². The first-order valence-electron chi connectivity index (χ1n) is 23.5. The van der Waals surface area contributed by atoms with Gasteiger partial charge in [0.1, 0.15) is 26.0 Å². The van der Waals surface area contributed by atoms with Crippen molar-refractivity contribution in [3.05, 3.63) is 33.1 Å². The van der Waals surface area contributed by atoms with Crippen LogP contribution in [0.25, 0.3) is 11.3 Å². The lowest BCUT2D eigenvalue weighted by atomic mass is 10.0. The number of aromatic amines is 2. The van der Waals surface area contributed by atoms with Crippen molar-refractivity contribution in [2.75, 3.05) is 18.1 Å². The van der Waals surface area contributed by atoms with Gasteiger partial charge in [-0.05, 0) is 52.4 Å². The number of unbranched alkanes of at least 4 members (excludes halogenated alkanes) is 15. The number of halogens is 2. The molecule has 0 saturated carbocycles. The fourth-order valence-corrected chi connectivity index (χ4v) is 9.02. The van der Waals surface area contributed by atoms with Gasteiger partial charge in [0, 0.05) is 12.3 Å². The van der Waals surface area contributed by atoms with E-state index in [1.807, 2.05) is 20.8 Å². The summed E-state index contributed by atoms with van der Waals surface area (Å²) in [6, 6.07) is 0. The Labute approximate surface area is 380 Å². The van der Waals surface area contributed by atoms with Crippen molar-refractivity contribution in [3.63, 3.8) is 0 Å². The van der Waals surface area contributed by atoms with E-state index in [-0.39, 0.29) is 48.5 Å². The minimum atomic E-state index is -3.10. The number of nitrogens with zero attached hydrogens (tertiary/aromatic N) is 6. The van der Waals surface area contributed by atoms with Gasteiger partial charge < -0.3 is 9.47 Å². The van der Waals surface area contributed by atoms with Crippen molar-refractivity contribution in [1.82, 2.24) is 39.6 Å². The summed E-state index contributed by atoms with van der Waals surface area (Å²) in [4.78, 5) is 33.3. The molecule has 14 nitrogen and oxygen atoms in total. The lowest BCUT2D eigenvalue weighted by Crippen LogP contribution is -2.19. The van der Waals surface area contributed by atoms with Crippen LogP contribution in [0, 0.1) is 13.8 Å². The van der Waals surface area contributed by atoms with Gasteiger partial charge in [-0.1, -0.05) is 147 Å².